The van der Waals surface area contributed by atoms with Crippen LogP contribution in [0.25, 0.3) is 0 Å². The van der Waals surface area contributed by atoms with Gasteiger partial charge in [-0.05, 0) is 25.0 Å². The predicted octanol–water partition coefficient (Wildman–Crippen LogP) is 0.492. The van der Waals surface area contributed by atoms with Crippen molar-refractivity contribution in [3.8, 4) is 0 Å². The van der Waals surface area contributed by atoms with Gasteiger partial charge in [-0.3, -0.25) is 4.99 Å². The second kappa shape index (κ2) is 2.96. The van der Waals surface area contributed by atoms with E-state index < -0.39 is 0 Å². The molecule has 0 aliphatic rings. The van der Waals surface area contributed by atoms with Gasteiger partial charge in [0.1, 0.15) is 0 Å². The molecular weight excluding hydrogens is 128 g/mol. The SMILES string of the molecule is C/C([O-])=N/c1ccccn1. The van der Waals surface area contributed by atoms with Gasteiger partial charge in [-0.1, -0.05) is 6.07 Å². The van der Waals surface area contributed by atoms with Crippen LogP contribution in [0.2, 0.25) is 0 Å². The third-order valence-corrected chi connectivity index (χ3v) is 0.921. The maximum Gasteiger partial charge on any atom is 0.150 e. The predicted molar refractivity (Wildman–Crippen MR) is 37.0 cm³/mol. The lowest BCUT2D eigenvalue weighted by Gasteiger charge is -1.99. The molecule has 1 heterocycles. The molecule has 52 valence electrons. The van der Waals surface area contributed by atoms with Crippen LogP contribution in [-0.4, -0.2) is 10.9 Å². The first-order valence-corrected chi connectivity index (χ1v) is 2.92. The number of nitrogens with zero attached hydrogens (tertiary/aromatic N) is 2. The molecule has 0 fully saturated rings. The third kappa shape index (κ3) is 1.85. The summed E-state index contributed by atoms with van der Waals surface area (Å²) in [7, 11) is 0. The molecule has 1 aromatic heterocycles. The van der Waals surface area contributed by atoms with E-state index in [-0.39, 0.29) is 5.90 Å². The molecule has 3 heteroatoms. The zero-order valence-electron chi connectivity index (χ0n) is 5.61. The van der Waals surface area contributed by atoms with Crippen molar-refractivity contribution >= 4 is 11.7 Å². The lowest BCUT2D eigenvalue weighted by atomic mass is 10.5. The average molecular weight is 135 g/mol. The van der Waals surface area contributed by atoms with E-state index in [1.54, 1.807) is 24.4 Å². The van der Waals surface area contributed by atoms with E-state index in [2.05, 4.69) is 9.98 Å². The highest BCUT2D eigenvalue weighted by atomic mass is 16.3. The quantitative estimate of drug-likeness (QED) is 0.415. The monoisotopic (exact) mass is 135 g/mol. The second-order valence-electron chi connectivity index (χ2n) is 1.82. The average Bonchev–Trinajstić information content (AvgIpc) is 1.88. The minimum absolute atomic E-state index is 0.223. The van der Waals surface area contributed by atoms with E-state index in [1.807, 2.05) is 0 Å². The Morgan fingerprint density at radius 1 is 1.60 bits per heavy atom. The van der Waals surface area contributed by atoms with E-state index in [9.17, 15) is 5.11 Å². The largest absolute Gasteiger partial charge is 0.862 e. The Kier molecular flexibility index (Phi) is 1.99. The minimum Gasteiger partial charge on any atom is -0.862 e. The van der Waals surface area contributed by atoms with Crippen LogP contribution in [0.3, 0.4) is 0 Å². The van der Waals surface area contributed by atoms with Crippen molar-refractivity contribution in [1.29, 1.82) is 0 Å². The summed E-state index contributed by atoms with van der Waals surface area (Å²) in [5.74, 6) is 0.244. The van der Waals surface area contributed by atoms with Crippen molar-refractivity contribution in [2.24, 2.45) is 4.99 Å². The summed E-state index contributed by atoms with van der Waals surface area (Å²) in [4.78, 5) is 7.44. The van der Waals surface area contributed by atoms with Crippen LogP contribution in [0.15, 0.2) is 29.4 Å². The van der Waals surface area contributed by atoms with Crippen LogP contribution < -0.4 is 5.11 Å². The molecule has 0 spiro atoms. The van der Waals surface area contributed by atoms with E-state index in [1.165, 1.54) is 6.92 Å². The Morgan fingerprint density at radius 2 is 2.40 bits per heavy atom. The van der Waals surface area contributed by atoms with Gasteiger partial charge < -0.3 is 5.11 Å². The number of pyridine rings is 1. The van der Waals surface area contributed by atoms with Crippen molar-refractivity contribution in [2.75, 3.05) is 0 Å². The molecule has 1 rings (SSSR count). The van der Waals surface area contributed by atoms with E-state index >= 15 is 0 Å². The molecular formula is C7H7N2O-. The third-order valence-electron chi connectivity index (χ3n) is 0.921. The highest BCUT2D eigenvalue weighted by molar-refractivity contribution is 5.71. The molecule has 0 aromatic carbocycles. The summed E-state index contributed by atoms with van der Waals surface area (Å²) >= 11 is 0. The molecule has 0 atom stereocenters. The number of hydrogen-bond donors (Lipinski definition) is 0. The lowest BCUT2D eigenvalue weighted by molar-refractivity contribution is -0.215. The summed E-state index contributed by atoms with van der Waals surface area (Å²) in [5, 5.41) is 10.4. The molecule has 0 unspecified atom stereocenters. The smallest absolute Gasteiger partial charge is 0.150 e. The first kappa shape index (κ1) is 6.74. The van der Waals surface area contributed by atoms with Crippen LogP contribution >= 0.6 is 0 Å². The van der Waals surface area contributed by atoms with Gasteiger partial charge in [-0.2, -0.15) is 0 Å². The van der Waals surface area contributed by atoms with E-state index in [0.717, 1.165) is 0 Å². The Balaban J connectivity index is 2.87. The van der Waals surface area contributed by atoms with Crippen LogP contribution in [-0.2, 0) is 0 Å². The lowest BCUT2D eigenvalue weighted by Crippen LogP contribution is -2.10. The zero-order valence-corrected chi connectivity index (χ0v) is 5.61. The topological polar surface area (TPSA) is 48.3 Å². The van der Waals surface area contributed by atoms with Gasteiger partial charge in [0.25, 0.3) is 0 Å². The van der Waals surface area contributed by atoms with Gasteiger partial charge in [-0.15, -0.1) is 0 Å². The maximum atomic E-state index is 10.4. The summed E-state index contributed by atoms with van der Waals surface area (Å²) in [6.45, 7) is 1.40. The fourth-order valence-electron chi connectivity index (χ4n) is 0.581. The van der Waals surface area contributed by atoms with Gasteiger partial charge in [0, 0.05) is 6.20 Å². The second-order valence-corrected chi connectivity index (χ2v) is 1.82. The van der Waals surface area contributed by atoms with Gasteiger partial charge in [0.2, 0.25) is 0 Å². The van der Waals surface area contributed by atoms with Crippen molar-refractivity contribution in [1.82, 2.24) is 4.98 Å². The normalized spacial score (nSPS) is 11.5. The van der Waals surface area contributed by atoms with Crippen LogP contribution in [0, 0.1) is 0 Å². The van der Waals surface area contributed by atoms with E-state index in [4.69, 9.17) is 0 Å². The first-order valence-electron chi connectivity index (χ1n) is 2.92. The zero-order chi connectivity index (χ0) is 7.40. The van der Waals surface area contributed by atoms with Crippen molar-refractivity contribution < 1.29 is 5.11 Å². The summed E-state index contributed by atoms with van der Waals surface area (Å²) in [5.41, 5.74) is 0. The summed E-state index contributed by atoms with van der Waals surface area (Å²) < 4.78 is 0. The molecule has 0 radical (unpaired) electrons. The molecule has 0 N–H and O–H groups in total. The summed E-state index contributed by atoms with van der Waals surface area (Å²) in [6.07, 6.45) is 1.60. The summed E-state index contributed by atoms with van der Waals surface area (Å²) in [6, 6.07) is 5.25. The Labute approximate surface area is 59.1 Å². The van der Waals surface area contributed by atoms with Gasteiger partial charge >= 0.3 is 0 Å². The number of hydrogen-bond acceptors (Lipinski definition) is 3. The Morgan fingerprint density at radius 3 is 2.90 bits per heavy atom. The number of aromatic nitrogens is 1. The maximum absolute atomic E-state index is 10.4. The fraction of sp³-hybridized carbons (Fsp3) is 0.143. The minimum atomic E-state index is -0.223. The highest BCUT2D eigenvalue weighted by Gasteiger charge is 1.82. The molecule has 0 saturated heterocycles. The standard InChI is InChI=1S/C7H8N2O/c1-6(10)9-7-4-2-3-5-8-7/h2-5H,1H3,(H,8,9,10)/p-1. The number of rotatable bonds is 1. The fourth-order valence-corrected chi connectivity index (χ4v) is 0.581. The van der Waals surface area contributed by atoms with Crippen LogP contribution in [0.1, 0.15) is 6.92 Å². The van der Waals surface area contributed by atoms with Gasteiger partial charge in [0.05, 0.1) is 0 Å². The molecule has 0 bridgehead atoms. The van der Waals surface area contributed by atoms with Gasteiger partial charge in [0.15, 0.2) is 5.82 Å². The molecule has 0 saturated carbocycles. The van der Waals surface area contributed by atoms with E-state index in [0.29, 0.717) is 5.82 Å². The Bertz CT molecular complexity index is 227. The highest BCUT2D eigenvalue weighted by Crippen LogP contribution is 2.03. The molecule has 0 aliphatic heterocycles. The molecule has 0 aliphatic carbocycles. The van der Waals surface area contributed by atoms with Gasteiger partial charge in [-0.25, -0.2) is 4.98 Å². The molecule has 1 aromatic rings. The molecule has 3 nitrogen and oxygen atoms in total. The van der Waals surface area contributed by atoms with Crippen molar-refractivity contribution in [3.05, 3.63) is 24.4 Å². The Hall–Kier alpha value is -1.38. The molecule has 10 heavy (non-hydrogen) atoms. The number of aliphatic imine (C=N–C) groups is 1. The van der Waals surface area contributed by atoms with Crippen molar-refractivity contribution in [2.45, 2.75) is 6.92 Å². The van der Waals surface area contributed by atoms with Crippen LogP contribution in [0.4, 0.5) is 5.82 Å². The van der Waals surface area contributed by atoms with Crippen molar-refractivity contribution in [3.63, 3.8) is 0 Å². The molecule has 0 amide bonds. The first-order chi connectivity index (χ1) is 4.79. The van der Waals surface area contributed by atoms with Crippen LogP contribution in [0.5, 0.6) is 0 Å².